The second kappa shape index (κ2) is 6.07. The highest BCUT2D eigenvalue weighted by molar-refractivity contribution is 5.81. The number of carbonyl (C=O) groups excluding carboxylic acids is 2. The third-order valence-corrected chi connectivity index (χ3v) is 3.91. The first kappa shape index (κ1) is 13.2. The summed E-state index contributed by atoms with van der Waals surface area (Å²) in [4.78, 5) is 27.5. The highest BCUT2D eigenvalue weighted by atomic mass is 16.5. The number of esters is 1. The van der Waals surface area contributed by atoms with Crippen LogP contribution in [0.1, 0.15) is 38.5 Å². The largest absolute Gasteiger partial charge is 0.468 e. The van der Waals surface area contributed by atoms with Crippen LogP contribution < -0.4 is 0 Å². The molecule has 0 aromatic carbocycles. The van der Waals surface area contributed by atoms with Crippen molar-refractivity contribution in [3.8, 4) is 0 Å². The molecule has 0 unspecified atom stereocenters. The zero-order valence-electron chi connectivity index (χ0n) is 11.1. The van der Waals surface area contributed by atoms with Gasteiger partial charge in [0.15, 0.2) is 0 Å². The van der Waals surface area contributed by atoms with Gasteiger partial charge in [-0.15, -0.1) is 0 Å². The molecule has 0 atom stereocenters. The van der Waals surface area contributed by atoms with E-state index in [0.29, 0.717) is 0 Å². The van der Waals surface area contributed by atoms with Gasteiger partial charge >= 0.3 is 12.0 Å². The molecule has 1 saturated carbocycles. The molecule has 1 aliphatic carbocycles. The molecule has 5 heteroatoms. The lowest BCUT2D eigenvalue weighted by atomic mass is 10.2. The number of rotatable bonds is 3. The van der Waals surface area contributed by atoms with Crippen LogP contribution in [0.15, 0.2) is 0 Å². The molecular formula is C13H22N2O3. The number of hydrogen-bond donors (Lipinski definition) is 0. The molecule has 1 aliphatic heterocycles. The van der Waals surface area contributed by atoms with Crippen molar-refractivity contribution in [1.82, 2.24) is 9.80 Å². The lowest BCUT2D eigenvalue weighted by Crippen LogP contribution is -2.48. The summed E-state index contributed by atoms with van der Waals surface area (Å²) in [5.74, 6) is -0.325. The zero-order chi connectivity index (χ0) is 13.0. The Kier molecular flexibility index (Phi) is 4.44. The third kappa shape index (κ3) is 2.94. The Hall–Kier alpha value is -1.26. The van der Waals surface area contributed by atoms with Gasteiger partial charge in [-0.3, -0.25) is 4.79 Å². The maximum Gasteiger partial charge on any atom is 0.325 e. The summed E-state index contributed by atoms with van der Waals surface area (Å²) in [5, 5.41) is 0. The second-order valence-electron chi connectivity index (χ2n) is 5.12. The lowest BCUT2D eigenvalue weighted by Gasteiger charge is -2.31. The van der Waals surface area contributed by atoms with Crippen molar-refractivity contribution in [3.05, 3.63) is 0 Å². The van der Waals surface area contributed by atoms with Gasteiger partial charge in [0.25, 0.3) is 0 Å². The highest BCUT2D eigenvalue weighted by Gasteiger charge is 2.32. The van der Waals surface area contributed by atoms with E-state index >= 15 is 0 Å². The Morgan fingerprint density at radius 1 is 1.17 bits per heavy atom. The Morgan fingerprint density at radius 2 is 1.78 bits per heavy atom. The van der Waals surface area contributed by atoms with E-state index in [2.05, 4.69) is 0 Å². The normalized spacial score (nSPS) is 20.2. The maximum absolute atomic E-state index is 12.4. The maximum atomic E-state index is 12.4. The number of methoxy groups -OCH3 is 1. The number of urea groups is 1. The van der Waals surface area contributed by atoms with Crippen LogP contribution in [0.2, 0.25) is 0 Å². The highest BCUT2D eigenvalue weighted by Crippen LogP contribution is 2.25. The average molecular weight is 254 g/mol. The number of amides is 2. The predicted molar refractivity (Wildman–Crippen MR) is 67.2 cm³/mol. The minimum atomic E-state index is -0.325. The number of nitrogens with zero attached hydrogens (tertiary/aromatic N) is 2. The summed E-state index contributed by atoms with van der Waals surface area (Å²) in [6, 6.07) is 0.238. The number of ether oxygens (including phenoxy) is 1. The first-order valence-electron chi connectivity index (χ1n) is 6.84. The molecule has 0 spiro atoms. The molecule has 2 fully saturated rings. The summed E-state index contributed by atoms with van der Waals surface area (Å²) in [7, 11) is 1.37. The Labute approximate surface area is 108 Å². The van der Waals surface area contributed by atoms with Gasteiger partial charge in [0.1, 0.15) is 6.54 Å². The van der Waals surface area contributed by atoms with Gasteiger partial charge < -0.3 is 14.5 Å². The van der Waals surface area contributed by atoms with E-state index in [4.69, 9.17) is 4.74 Å². The fourth-order valence-corrected chi connectivity index (χ4v) is 2.86. The van der Waals surface area contributed by atoms with Crippen molar-refractivity contribution >= 4 is 12.0 Å². The molecule has 1 saturated heterocycles. The van der Waals surface area contributed by atoms with Gasteiger partial charge in [-0.05, 0) is 25.7 Å². The number of hydrogen-bond acceptors (Lipinski definition) is 3. The SMILES string of the molecule is COC(=O)CN(C(=O)N1CCCC1)C1CCCC1. The lowest BCUT2D eigenvalue weighted by molar-refractivity contribution is -0.141. The second-order valence-corrected chi connectivity index (χ2v) is 5.12. The molecule has 0 bridgehead atoms. The number of likely N-dealkylation sites (tertiary alicyclic amines) is 1. The van der Waals surface area contributed by atoms with Gasteiger partial charge in [0.2, 0.25) is 0 Å². The standard InChI is InChI=1S/C13H22N2O3/c1-18-12(16)10-15(11-6-2-3-7-11)13(17)14-8-4-5-9-14/h11H,2-10H2,1H3. The summed E-state index contributed by atoms with van der Waals surface area (Å²) >= 11 is 0. The topological polar surface area (TPSA) is 49.9 Å². The molecule has 2 amide bonds. The van der Waals surface area contributed by atoms with Crippen molar-refractivity contribution in [1.29, 1.82) is 0 Å². The van der Waals surface area contributed by atoms with E-state index < -0.39 is 0 Å². The van der Waals surface area contributed by atoms with E-state index in [1.54, 1.807) is 4.90 Å². The quantitative estimate of drug-likeness (QED) is 0.719. The fraction of sp³-hybridized carbons (Fsp3) is 0.846. The molecule has 2 rings (SSSR count). The first-order chi connectivity index (χ1) is 8.72. The van der Waals surface area contributed by atoms with Crippen molar-refractivity contribution in [2.24, 2.45) is 0 Å². The van der Waals surface area contributed by atoms with Crippen LogP contribution in [-0.2, 0) is 9.53 Å². The smallest absolute Gasteiger partial charge is 0.325 e. The number of carbonyl (C=O) groups is 2. The van der Waals surface area contributed by atoms with E-state index in [0.717, 1.165) is 51.6 Å². The Balaban J connectivity index is 2.02. The van der Waals surface area contributed by atoms with Crippen LogP contribution in [0, 0.1) is 0 Å². The van der Waals surface area contributed by atoms with Crippen molar-refractivity contribution < 1.29 is 14.3 Å². The third-order valence-electron chi connectivity index (χ3n) is 3.91. The molecular weight excluding hydrogens is 232 g/mol. The van der Waals surface area contributed by atoms with Gasteiger partial charge in [-0.1, -0.05) is 12.8 Å². The monoisotopic (exact) mass is 254 g/mol. The first-order valence-corrected chi connectivity index (χ1v) is 6.84. The molecule has 1 heterocycles. The molecule has 5 nitrogen and oxygen atoms in total. The Morgan fingerprint density at radius 3 is 2.33 bits per heavy atom. The van der Waals surface area contributed by atoms with Crippen LogP contribution in [0.3, 0.4) is 0 Å². The minimum Gasteiger partial charge on any atom is -0.468 e. The van der Waals surface area contributed by atoms with E-state index in [1.165, 1.54) is 7.11 Å². The van der Waals surface area contributed by atoms with Crippen LogP contribution in [0.25, 0.3) is 0 Å². The minimum absolute atomic E-state index is 0.0183. The molecule has 0 aromatic rings. The summed E-state index contributed by atoms with van der Waals surface area (Å²) in [6.45, 7) is 1.74. The van der Waals surface area contributed by atoms with E-state index in [1.807, 2.05) is 4.90 Å². The van der Waals surface area contributed by atoms with E-state index in [-0.39, 0.29) is 24.6 Å². The van der Waals surface area contributed by atoms with Crippen molar-refractivity contribution in [3.63, 3.8) is 0 Å². The molecule has 2 aliphatic rings. The molecule has 18 heavy (non-hydrogen) atoms. The summed E-state index contributed by atoms with van der Waals surface area (Å²) in [5.41, 5.74) is 0. The van der Waals surface area contributed by atoms with Gasteiger partial charge in [0, 0.05) is 19.1 Å². The van der Waals surface area contributed by atoms with Crippen molar-refractivity contribution in [2.75, 3.05) is 26.7 Å². The van der Waals surface area contributed by atoms with Crippen LogP contribution >= 0.6 is 0 Å². The summed E-state index contributed by atoms with van der Waals surface area (Å²) < 4.78 is 4.70. The van der Waals surface area contributed by atoms with Gasteiger partial charge in [0.05, 0.1) is 7.11 Å². The Bertz CT molecular complexity index is 307. The molecule has 0 aromatic heterocycles. The van der Waals surface area contributed by atoms with Crippen LogP contribution in [0.4, 0.5) is 4.79 Å². The van der Waals surface area contributed by atoms with Crippen molar-refractivity contribution in [2.45, 2.75) is 44.6 Å². The van der Waals surface area contributed by atoms with Gasteiger partial charge in [-0.25, -0.2) is 4.79 Å². The molecule has 102 valence electrons. The molecule has 0 radical (unpaired) electrons. The zero-order valence-corrected chi connectivity index (χ0v) is 11.1. The predicted octanol–water partition coefficient (Wildman–Crippen LogP) is 1.62. The van der Waals surface area contributed by atoms with Crippen LogP contribution in [-0.4, -0.2) is 54.6 Å². The molecule has 0 N–H and O–H groups in total. The fourth-order valence-electron chi connectivity index (χ4n) is 2.86. The average Bonchev–Trinajstić information content (AvgIpc) is 3.06. The van der Waals surface area contributed by atoms with Gasteiger partial charge in [-0.2, -0.15) is 0 Å². The summed E-state index contributed by atoms with van der Waals surface area (Å²) in [6.07, 6.45) is 6.46. The van der Waals surface area contributed by atoms with E-state index in [9.17, 15) is 9.59 Å². The van der Waals surface area contributed by atoms with Crippen LogP contribution in [0.5, 0.6) is 0 Å².